The van der Waals surface area contributed by atoms with E-state index in [1.807, 2.05) is 36.4 Å². The van der Waals surface area contributed by atoms with Crippen molar-refractivity contribution >= 4 is 0 Å². The lowest BCUT2D eigenvalue weighted by molar-refractivity contribution is 0.493. The second-order valence-electron chi connectivity index (χ2n) is 5.47. The van der Waals surface area contributed by atoms with Crippen LogP contribution in [0, 0.1) is 0 Å². The van der Waals surface area contributed by atoms with Crippen molar-refractivity contribution in [2.24, 2.45) is 0 Å². The maximum absolute atomic E-state index is 6.09. The first-order valence-electron chi connectivity index (χ1n) is 7.99. The van der Waals surface area contributed by atoms with Gasteiger partial charge in [-0.2, -0.15) is 0 Å². The van der Waals surface area contributed by atoms with E-state index in [-0.39, 0.29) is 0 Å². The largest absolute Gasteiger partial charge is 0.440 e. The Morgan fingerprint density at radius 2 is 1.45 bits per heavy atom. The molecular formula is C20H21NO. The van der Waals surface area contributed by atoms with Crippen molar-refractivity contribution in [3.63, 3.8) is 0 Å². The van der Waals surface area contributed by atoms with Crippen LogP contribution in [0.2, 0.25) is 0 Å². The molecule has 0 radical (unpaired) electrons. The molecule has 0 N–H and O–H groups in total. The number of rotatable bonds is 6. The number of benzene rings is 2. The SMILES string of the molecule is CCCCCc1nc(-c2ccccc2)c(-c2ccccc2)o1. The molecule has 0 amide bonds. The minimum Gasteiger partial charge on any atom is -0.440 e. The van der Waals surface area contributed by atoms with Crippen LogP contribution in [-0.2, 0) is 6.42 Å². The highest BCUT2D eigenvalue weighted by molar-refractivity contribution is 5.76. The molecule has 22 heavy (non-hydrogen) atoms. The van der Waals surface area contributed by atoms with Gasteiger partial charge < -0.3 is 4.42 Å². The molecule has 0 fully saturated rings. The summed E-state index contributed by atoms with van der Waals surface area (Å²) < 4.78 is 6.09. The van der Waals surface area contributed by atoms with E-state index in [2.05, 4.69) is 31.2 Å². The van der Waals surface area contributed by atoms with E-state index in [1.165, 1.54) is 12.8 Å². The van der Waals surface area contributed by atoms with Crippen LogP contribution >= 0.6 is 0 Å². The smallest absolute Gasteiger partial charge is 0.195 e. The highest BCUT2D eigenvalue weighted by atomic mass is 16.4. The van der Waals surface area contributed by atoms with Gasteiger partial charge in [-0.05, 0) is 6.42 Å². The van der Waals surface area contributed by atoms with Crippen molar-refractivity contribution in [1.82, 2.24) is 4.98 Å². The molecule has 3 aromatic rings. The minimum atomic E-state index is 0.839. The third kappa shape index (κ3) is 3.28. The molecule has 2 heteroatoms. The average molecular weight is 291 g/mol. The zero-order valence-corrected chi connectivity index (χ0v) is 13.0. The molecule has 0 saturated carbocycles. The number of aromatic nitrogens is 1. The van der Waals surface area contributed by atoms with Crippen molar-refractivity contribution in [3.8, 4) is 22.6 Å². The Morgan fingerprint density at radius 3 is 2.09 bits per heavy atom. The lowest BCUT2D eigenvalue weighted by atomic mass is 10.1. The molecule has 0 aliphatic carbocycles. The van der Waals surface area contributed by atoms with Crippen molar-refractivity contribution < 1.29 is 4.42 Å². The van der Waals surface area contributed by atoms with Gasteiger partial charge in [0.15, 0.2) is 11.7 Å². The van der Waals surface area contributed by atoms with Crippen LogP contribution in [0.25, 0.3) is 22.6 Å². The van der Waals surface area contributed by atoms with Gasteiger partial charge in [0, 0.05) is 17.5 Å². The summed E-state index contributed by atoms with van der Waals surface area (Å²) in [5.74, 6) is 1.71. The number of oxazole rings is 1. The topological polar surface area (TPSA) is 26.0 Å². The zero-order chi connectivity index (χ0) is 15.2. The lowest BCUT2D eigenvalue weighted by Crippen LogP contribution is -1.85. The van der Waals surface area contributed by atoms with Gasteiger partial charge in [0.2, 0.25) is 0 Å². The van der Waals surface area contributed by atoms with Gasteiger partial charge >= 0.3 is 0 Å². The molecule has 112 valence electrons. The van der Waals surface area contributed by atoms with Crippen molar-refractivity contribution in [1.29, 1.82) is 0 Å². The molecule has 1 heterocycles. The van der Waals surface area contributed by atoms with Gasteiger partial charge in [-0.15, -0.1) is 0 Å². The summed E-state index contributed by atoms with van der Waals surface area (Å²) in [5.41, 5.74) is 3.13. The van der Waals surface area contributed by atoms with Crippen LogP contribution in [0.4, 0.5) is 0 Å². The second kappa shape index (κ2) is 7.08. The Bertz CT molecular complexity index is 644. The Labute approximate surface area is 131 Å². The summed E-state index contributed by atoms with van der Waals surface area (Å²) in [6, 6.07) is 20.5. The number of hydrogen-bond donors (Lipinski definition) is 0. The summed E-state index contributed by atoms with van der Waals surface area (Å²) in [6.07, 6.45) is 4.45. The summed E-state index contributed by atoms with van der Waals surface area (Å²) in [7, 11) is 0. The standard InChI is InChI=1S/C20H21NO/c1-2-3-6-15-18-21-19(16-11-7-4-8-12-16)20(22-18)17-13-9-5-10-14-17/h4-5,7-14H,2-3,6,15H2,1H3. The monoisotopic (exact) mass is 291 g/mol. The number of aryl methyl sites for hydroxylation is 1. The molecule has 0 atom stereocenters. The maximum atomic E-state index is 6.09. The van der Waals surface area contributed by atoms with E-state index < -0.39 is 0 Å². The lowest BCUT2D eigenvalue weighted by Gasteiger charge is -2.00. The van der Waals surface area contributed by atoms with Crippen molar-refractivity contribution in [2.45, 2.75) is 32.6 Å². The fourth-order valence-electron chi connectivity index (χ4n) is 2.57. The minimum absolute atomic E-state index is 0.839. The maximum Gasteiger partial charge on any atom is 0.195 e. The third-order valence-corrected chi connectivity index (χ3v) is 3.75. The van der Waals surface area contributed by atoms with Gasteiger partial charge in [0.05, 0.1) is 0 Å². The van der Waals surface area contributed by atoms with Crippen LogP contribution in [0.5, 0.6) is 0 Å². The van der Waals surface area contributed by atoms with E-state index in [4.69, 9.17) is 9.40 Å². The molecule has 0 aliphatic rings. The van der Waals surface area contributed by atoms with Crippen molar-refractivity contribution in [3.05, 3.63) is 66.6 Å². The molecule has 2 aromatic carbocycles. The molecule has 1 aromatic heterocycles. The first-order chi connectivity index (χ1) is 10.9. The van der Waals surface area contributed by atoms with E-state index in [1.54, 1.807) is 0 Å². The number of hydrogen-bond acceptors (Lipinski definition) is 2. The van der Waals surface area contributed by atoms with Gasteiger partial charge in [-0.25, -0.2) is 4.98 Å². The zero-order valence-electron chi connectivity index (χ0n) is 13.0. The quantitative estimate of drug-likeness (QED) is 0.541. The first-order valence-corrected chi connectivity index (χ1v) is 7.99. The summed E-state index contributed by atoms with van der Waals surface area (Å²) in [6.45, 7) is 2.21. The molecule has 2 nitrogen and oxygen atoms in total. The molecule has 0 saturated heterocycles. The fraction of sp³-hybridized carbons (Fsp3) is 0.250. The van der Waals surface area contributed by atoms with Crippen LogP contribution < -0.4 is 0 Å². The molecule has 0 unspecified atom stereocenters. The highest BCUT2D eigenvalue weighted by Crippen LogP contribution is 2.32. The summed E-state index contributed by atoms with van der Waals surface area (Å²) in [4.78, 5) is 4.76. The van der Waals surface area contributed by atoms with Crippen LogP contribution in [-0.4, -0.2) is 4.98 Å². The van der Waals surface area contributed by atoms with Crippen LogP contribution in [0.1, 0.15) is 32.1 Å². The Balaban J connectivity index is 1.99. The summed E-state index contributed by atoms with van der Waals surface area (Å²) >= 11 is 0. The number of nitrogens with zero attached hydrogens (tertiary/aromatic N) is 1. The third-order valence-electron chi connectivity index (χ3n) is 3.75. The van der Waals surface area contributed by atoms with Gasteiger partial charge in [0.1, 0.15) is 5.69 Å². The molecule has 0 bridgehead atoms. The Kier molecular flexibility index (Phi) is 4.69. The van der Waals surface area contributed by atoms with Gasteiger partial charge in [-0.1, -0.05) is 80.4 Å². The Hall–Kier alpha value is -2.35. The molecule has 0 spiro atoms. The van der Waals surface area contributed by atoms with Gasteiger partial charge in [0.25, 0.3) is 0 Å². The average Bonchev–Trinajstić information content (AvgIpc) is 3.01. The Morgan fingerprint density at radius 1 is 0.818 bits per heavy atom. The normalized spacial score (nSPS) is 10.8. The van der Waals surface area contributed by atoms with Crippen molar-refractivity contribution in [2.75, 3.05) is 0 Å². The van der Waals surface area contributed by atoms with E-state index >= 15 is 0 Å². The molecule has 3 rings (SSSR count). The predicted molar refractivity (Wildman–Crippen MR) is 90.6 cm³/mol. The second-order valence-corrected chi connectivity index (χ2v) is 5.47. The fourth-order valence-corrected chi connectivity index (χ4v) is 2.57. The highest BCUT2D eigenvalue weighted by Gasteiger charge is 2.16. The predicted octanol–water partition coefficient (Wildman–Crippen LogP) is 5.74. The van der Waals surface area contributed by atoms with E-state index in [9.17, 15) is 0 Å². The van der Waals surface area contributed by atoms with Crippen LogP contribution in [0.3, 0.4) is 0 Å². The number of unbranched alkanes of at least 4 members (excludes halogenated alkanes) is 2. The van der Waals surface area contributed by atoms with E-state index in [0.29, 0.717) is 0 Å². The van der Waals surface area contributed by atoms with Crippen LogP contribution in [0.15, 0.2) is 65.1 Å². The van der Waals surface area contributed by atoms with E-state index in [0.717, 1.165) is 41.3 Å². The molecular weight excluding hydrogens is 270 g/mol. The summed E-state index contributed by atoms with van der Waals surface area (Å²) in [5, 5.41) is 0. The van der Waals surface area contributed by atoms with Gasteiger partial charge in [-0.3, -0.25) is 0 Å². The molecule has 0 aliphatic heterocycles. The first kappa shape index (κ1) is 14.6.